The van der Waals surface area contributed by atoms with E-state index in [1.807, 2.05) is 0 Å². The van der Waals surface area contributed by atoms with Gasteiger partial charge in [-0.3, -0.25) is 0 Å². The van der Waals surface area contributed by atoms with Crippen molar-refractivity contribution in [2.24, 2.45) is 0 Å². The second-order valence-corrected chi connectivity index (χ2v) is 5.46. The van der Waals surface area contributed by atoms with E-state index in [4.69, 9.17) is 4.74 Å². The van der Waals surface area contributed by atoms with Gasteiger partial charge in [-0.25, -0.2) is 0 Å². The van der Waals surface area contributed by atoms with Gasteiger partial charge in [0.15, 0.2) is 0 Å². The number of hydrogen-bond acceptors (Lipinski definition) is 2. The van der Waals surface area contributed by atoms with Gasteiger partial charge in [-0.05, 0) is 69.4 Å². The SMILES string of the molecule is CCc1ccc(OCCCCN2CCCCC2)cc1. The maximum atomic E-state index is 5.78. The van der Waals surface area contributed by atoms with E-state index in [0.717, 1.165) is 25.2 Å². The third-order valence-electron chi connectivity index (χ3n) is 3.92. The highest BCUT2D eigenvalue weighted by atomic mass is 16.5. The zero-order chi connectivity index (χ0) is 13.3. The van der Waals surface area contributed by atoms with Gasteiger partial charge in [-0.15, -0.1) is 0 Å². The molecular formula is C17H27NO. The fourth-order valence-corrected chi connectivity index (χ4v) is 2.63. The van der Waals surface area contributed by atoms with Gasteiger partial charge < -0.3 is 9.64 Å². The molecule has 0 atom stereocenters. The van der Waals surface area contributed by atoms with E-state index in [1.54, 1.807) is 0 Å². The lowest BCUT2D eigenvalue weighted by molar-refractivity contribution is 0.216. The van der Waals surface area contributed by atoms with Crippen LogP contribution in [0.1, 0.15) is 44.6 Å². The van der Waals surface area contributed by atoms with Crippen molar-refractivity contribution in [2.75, 3.05) is 26.2 Å². The summed E-state index contributed by atoms with van der Waals surface area (Å²) < 4.78 is 5.78. The van der Waals surface area contributed by atoms with Crippen LogP contribution < -0.4 is 4.74 Å². The normalized spacial score (nSPS) is 16.5. The van der Waals surface area contributed by atoms with E-state index in [0.29, 0.717) is 0 Å². The Balaban J connectivity index is 1.55. The molecule has 1 heterocycles. The highest BCUT2D eigenvalue weighted by Gasteiger charge is 2.08. The van der Waals surface area contributed by atoms with E-state index in [-0.39, 0.29) is 0 Å². The Bertz CT molecular complexity index is 341. The highest BCUT2D eigenvalue weighted by Crippen LogP contribution is 2.13. The molecule has 1 aromatic rings. The lowest BCUT2D eigenvalue weighted by Gasteiger charge is -2.26. The molecule has 0 spiro atoms. The molecule has 1 aromatic carbocycles. The molecule has 2 rings (SSSR count). The molecule has 0 aromatic heterocycles. The first-order valence-electron chi connectivity index (χ1n) is 7.82. The summed E-state index contributed by atoms with van der Waals surface area (Å²) in [7, 11) is 0. The van der Waals surface area contributed by atoms with Crippen molar-refractivity contribution in [3.63, 3.8) is 0 Å². The molecule has 2 nitrogen and oxygen atoms in total. The number of rotatable bonds is 7. The third kappa shape index (κ3) is 5.23. The summed E-state index contributed by atoms with van der Waals surface area (Å²) in [5, 5.41) is 0. The number of hydrogen-bond donors (Lipinski definition) is 0. The number of aryl methyl sites for hydroxylation is 1. The van der Waals surface area contributed by atoms with Gasteiger partial charge in [-0.2, -0.15) is 0 Å². The lowest BCUT2D eigenvalue weighted by Crippen LogP contribution is -2.30. The minimum Gasteiger partial charge on any atom is -0.494 e. The van der Waals surface area contributed by atoms with Crippen LogP contribution in [0, 0.1) is 0 Å². The van der Waals surface area contributed by atoms with Crippen molar-refractivity contribution in [1.29, 1.82) is 0 Å². The molecule has 0 N–H and O–H groups in total. The van der Waals surface area contributed by atoms with Gasteiger partial charge in [0.1, 0.15) is 5.75 Å². The second-order valence-electron chi connectivity index (χ2n) is 5.46. The second kappa shape index (κ2) is 8.21. The van der Waals surface area contributed by atoms with Gasteiger partial charge in [0.25, 0.3) is 0 Å². The van der Waals surface area contributed by atoms with E-state index < -0.39 is 0 Å². The molecule has 0 amide bonds. The number of unbranched alkanes of at least 4 members (excludes halogenated alkanes) is 1. The van der Waals surface area contributed by atoms with Crippen molar-refractivity contribution in [3.05, 3.63) is 29.8 Å². The Hall–Kier alpha value is -1.02. The monoisotopic (exact) mass is 261 g/mol. The Morgan fingerprint density at radius 3 is 2.42 bits per heavy atom. The fourth-order valence-electron chi connectivity index (χ4n) is 2.63. The van der Waals surface area contributed by atoms with Gasteiger partial charge in [-0.1, -0.05) is 25.5 Å². The van der Waals surface area contributed by atoms with Gasteiger partial charge >= 0.3 is 0 Å². The van der Waals surface area contributed by atoms with Gasteiger partial charge in [0.2, 0.25) is 0 Å². The van der Waals surface area contributed by atoms with Crippen LogP contribution in [0.2, 0.25) is 0 Å². The molecular weight excluding hydrogens is 234 g/mol. The lowest BCUT2D eigenvalue weighted by atomic mass is 10.1. The standard InChI is InChI=1S/C17H27NO/c1-2-16-8-10-17(11-9-16)19-15-7-6-14-18-12-4-3-5-13-18/h8-11H,2-7,12-15H2,1H3. The molecule has 1 saturated heterocycles. The summed E-state index contributed by atoms with van der Waals surface area (Å²) in [6.07, 6.45) is 7.71. The molecule has 0 aliphatic carbocycles. The quantitative estimate of drug-likeness (QED) is 0.690. The summed E-state index contributed by atoms with van der Waals surface area (Å²) in [5.41, 5.74) is 1.37. The number of piperidine rings is 1. The molecule has 0 unspecified atom stereocenters. The van der Waals surface area contributed by atoms with Crippen LogP contribution in [-0.4, -0.2) is 31.1 Å². The fraction of sp³-hybridized carbons (Fsp3) is 0.647. The van der Waals surface area contributed by atoms with E-state index >= 15 is 0 Å². The summed E-state index contributed by atoms with van der Waals surface area (Å²) in [6.45, 7) is 6.88. The molecule has 1 aliphatic heterocycles. The molecule has 106 valence electrons. The molecule has 0 bridgehead atoms. The first-order chi connectivity index (χ1) is 9.38. The summed E-state index contributed by atoms with van der Waals surface area (Å²) in [6, 6.07) is 8.49. The highest BCUT2D eigenvalue weighted by molar-refractivity contribution is 5.27. The smallest absolute Gasteiger partial charge is 0.119 e. The average Bonchev–Trinajstić information content (AvgIpc) is 2.49. The van der Waals surface area contributed by atoms with Crippen molar-refractivity contribution < 1.29 is 4.74 Å². The van der Waals surface area contributed by atoms with Crippen LogP contribution in [-0.2, 0) is 6.42 Å². The Morgan fingerprint density at radius 1 is 1.00 bits per heavy atom. The minimum atomic E-state index is 0.847. The van der Waals surface area contributed by atoms with Crippen molar-refractivity contribution in [3.8, 4) is 5.75 Å². The summed E-state index contributed by atoms with van der Waals surface area (Å²) in [5.74, 6) is 1.01. The first kappa shape index (κ1) is 14.4. The number of benzene rings is 1. The molecule has 1 fully saturated rings. The van der Waals surface area contributed by atoms with Gasteiger partial charge in [0, 0.05) is 0 Å². The van der Waals surface area contributed by atoms with Crippen molar-refractivity contribution in [1.82, 2.24) is 4.90 Å². The number of nitrogens with zero attached hydrogens (tertiary/aromatic N) is 1. The molecule has 0 radical (unpaired) electrons. The predicted molar refractivity (Wildman–Crippen MR) is 80.8 cm³/mol. The van der Waals surface area contributed by atoms with Crippen LogP contribution in [0.25, 0.3) is 0 Å². The predicted octanol–water partition coefficient (Wildman–Crippen LogP) is 3.89. The van der Waals surface area contributed by atoms with Crippen LogP contribution in [0.15, 0.2) is 24.3 Å². The maximum absolute atomic E-state index is 5.78. The minimum absolute atomic E-state index is 0.847. The topological polar surface area (TPSA) is 12.5 Å². The number of ether oxygens (including phenoxy) is 1. The van der Waals surface area contributed by atoms with Crippen molar-refractivity contribution >= 4 is 0 Å². The Kier molecular flexibility index (Phi) is 6.22. The maximum Gasteiger partial charge on any atom is 0.119 e. The zero-order valence-electron chi connectivity index (χ0n) is 12.2. The Morgan fingerprint density at radius 2 is 1.74 bits per heavy atom. The van der Waals surface area contributed by atoms with Crippen LogP contribution in [0.5, 0.6) is 5.75 Å². The largest absolute Gasteiger partial charge is 0.494 e. The van der Waals surface area contributed by atoms with E-state index in [9.17, 15) is 0 Å². The number of likely N-dealkylation sites (tertiary alicyclic amines) is 1. The molecule has 2 heteroatoms. The molecule has 0 saturated carbocycles. The zero-order valence-corrected chi connectivity index (χ0v) is 12.2. The average molecular weight is 261 g/mol. The van der Waals surface area contributed by atoms with Crippen molar-refractivity contribution in [2.45, 2.75) is 45.4 Å². The summed E-state index contributed by atoms with van der Waals surface area (Å²) >= 11 is 0. The molecule has 1 aliphatic rings. The Labute approximate surface area is 117 Å². The third-order valence-corrected chi connectivity index (χ3v) is 3.92. The molecule has 19 heavy (non-hydrogen) atoms. The first-order valence-corrected chi connectivity index (χ1v) is 7.82. The van der Waals surface area contributed by atoms with E-state index in [2.05, 4.69) is 36.1 Å². The van der Waals surface area contributed by atoms with Crippen LogP contribution >= 0.6 is 0 Å². The summed E-state index contributed by atoms with van der Waals surface area (Å²) in [4.78, 5) is 2.60. The van der Waals surface area contributed by atoms with Crippen LogP contribution in [0.4, 0.5) is 0 Å². The van der Waals surface area contributed by atoms with Crippen LogP contribution in [0.3, 0.4) is 0 Å². The van der Waals surface area contributed by atoms with Gasteiger partial charge in [0.05, 0.1) is 6.61 Å². The van der Waals surface area contributed by atoms with E-state index in [1.165, 1.54) is 50.9 Å².